The number of nitrogens with one attached hydrogen (secondary N) is 2. The van der Waals surface area contributed by atoms with Gasteiger partial charge in [-0.1, -0.05) is 35.9 Å². The van der Waals surface area contributed by atoms with Crippen LogP contribution >= 0.6 is 0 Å². The standard InChI is InChI=1S/C32H48N8O6S/c1-23-15-17-26(18-16-23)47(45,46)40(31(44)27(13-5-7-19-33)39-29(42)24-10-3-2-4-11-24)28(14-6-8-20-34)30(43)38-25(22-41)12-9-21-37-32(35)36/h2-4,10-11,15-18,22,25,27-28H,5-9,12-14,19-21,33-34H2,1H3,(H,38,43)(H,39,42)(H4,35,36,37)/t25-,27-,28-/m0/s1. The highest BCUT2D eigenvalue weighted by Gasteiger charge is 2.42. The zero-order valence-corrected chi connectivity index (χ0v) is 27.7. The fourth-order valence-corrected chi connectivity index (χ4v) is 6.42. The number of hydrogen-bond acceptors (Lipinski definition) is 9. The molecule has 14 nitrogen and oxygen atoms in total. The summed E-state index contributed by atoms with van der Waals surface area (Å²) in [5.74, 6) is -2.54. The number of unbranched alkanes of at least 4 members (excludes halogenated alkanes) is 2. The molecule has 0 heterocycles. The van der Waals surface area contributed by atoms with Gasteiger partial charge < -0.3 is 38.4 Å². The van der Waals surface area contributed by atoms with Crippen molar-refractivity contribution in [1.29, 1.82) is 0 Å². The number of guanidine groups is 1. The minimum Gasteiger partial charge on any atom is -0.370 e. The van der Waals surface area contributed by atoms with E-state index in [0.29, 0.717) is 49.2 Å². The summed E-state index contributed by atoms with van der Waals surface area (Å²) in [6.07, 6.45) is 2.66. The SMILES string of the molecule is Cc1ccc(S(=O)(=O)N(C(=O)[C@H](CCCCN)NC(=O)c2ccccc2)[C@@H](CCCCN)C(=O)N[C@H](C=O)CCCN=C(N)N)cc1. The van der Waals surface area contributed by atoms with Crippen LogP contribution in [-0.4, -0.2) is 80.5 Å². The van der Waals surface area contributed by atoms with Crippen molar-refractivity contribution >= 4 is 40.0 Å². The van der Waals surface area contributed by atoms with Crippen LogP contribution in [0, 0.1) is 6.92 Å². The van der Waals surface area contributed by atoms with Crippen LogP contribution in [0.4, 0.5) is 0 Å². The van der Waals surface area contributed by atoms with Gasteiger partial charge in [0.2, 0.25) is 5.91 Å². The number of sulfonamides is 1. The van der Waals surface area contributed by atoms with Gasteiger partial charge in [0.05, 0.1) is 10.9 Å². The zero-order chi connectivity index (χ0) is 34.8. The molecular weight excluding hydrogens is 624 g/mol. The number of amides is 3. The van der Waals surface area contributed by atoms with Gasteiger partial charge in [-0.15, -0.1) is 0 Å². The monoisotopic (exact) mass is 672 g/mol. The molecule has 0 saturated heterocycles. The summed E-state index contributed by atoms with van der Waals surface area (Å²) in [5, 5.41) is 5.28. The van der Waals surface area contributed by atoms with Gasteiger partial charge in [-0.25, -0.2) is 12.7 Å². The van der Waals surface area contributed by atoms with E-state index < -0.39 is 45.9 Å². The minimum absolute atomic E-state index is 0.0629. The Morgan fingerprint density at radius 3 is 2.04 bits per heavy atom. The topological polar surface area (TPSA) is 246 Å². The van der Waals surface area contributed by atoms with Gasteiger partial charge >= 0.3 is 0 Å². The molecule has 0 fully saturated rings. The maximum Gasteiger partial charge on any atom is 0.267 e. The molecule has 0 bridgehead atoms. The van der Waals surface area contributed by atoms with Gasteiger partial charge in [0.25, 0.3) is 21.8 Å². The lowest BCUT2D eigenvalue weighted by molar-refractivity contribution is -0.137. The van der Waals surface area contributed by atoms with Gasteiger partial charge in [0, 0.05) is 12.1 Å². The normalized spacial score (nSPS) is 13.1. The lowest BCUT2D eigenvalue weighted by Crippen LogP contribution is -2.58. The Labute approximate surface area is 276 Å². The Morgan fingerprint density at radius 2 is 1.47 bits per heavy atom. The largest absolute Gasteiger partial charge is 0.370 e. The number of aliphatic imine (C=N–C) groups is 1. The van der Waals surface area contributed by atoms with E-state index in [4.69, 9.17) is 22.9 Å². The first kappa shape index (κ1) is 38.8. The fraction of sp³-hybridized carbons (Fsp3) is 0.469. The molecule has 10 N–H and O–H groups in total. The van der Waals surface area contributed by atoms with Crippen LogP contribution in [0.25, 0.3) is 0 Å². The summed E-state index contributed by atoms with van der Waals surface area (Å²) in [4.78, 5) is 57.2. The fourth-order valence-electron chi connectivity index (χ4n) is 4.81. The summed E-state index contributed by atoms with van der Waals surface area (Å²) in [7, 11) is -4.67. The molecule has 0 radical (unpaired) electrons. The second-order valence-corrected chi connectivity index (χ2v) is 12.9. The van der Waals surface area contributed by atoms with Crippen LogP contribution in [0.1, 0.15) is 67.3 Å². The Morgan fingerprint density at radius 1 is 0.851 bits per heavy atom. The van der Waals surface area contributed by atoms with E-state index in [2.05, 4.69) is 15.6 Å². The lowest BCUT2D eigenvalue weighted by atomic mass is 10.0. The number of carbonyl (C=O) groups excluding carboxylic acids is 4. The molecule has 0 aromatic heterocycles. The van der Waals surface area contributed by atoms with E-state index in [1.54, 1.807) is 49.4 Å². The van der Waals surface area contributed by atoms with Crippen molar-refractivity contribution < 1.29 is 27.6 Å². The molecular formula is C32H48N8O6S. The third-order valence-corrected chi connectivity index (χ3v) is 9.18. The number of nitrogens with zero attached hydrogens (tertiary/aromatic N) is 2. The van der Waals surface area contributed by atoms with E-state index >= 15 is 0 Å². The van der Waals surface area contributed by atoms with E-state index in [1.165, 1.54) is 12.1 Å². The predicted molar refractivity (Wildman–Crippen MR) is 180 cm³/mol. The molecule has 0 saturated carbocycles. The Hall–Kier alpha value is -4.34. The van der Waals surface area contributed by atoms with Crippen LogP contribution < -0.4 is 33.6 Å². The van der Waals surface area contributed by atoms with Gasteiger partial charge in [-0.3, -0.25) is 19.4 Å². The average molecular weight is 673 g/mol. The molecule has 258 valence electrons. The van der Waals surface area contributed by atoms with E-state index in [9.17, 15) is 27.6 Å². The molecule has 2 rings (SSSR count). The van der Waals surface area contributed by atoms with Crippen molar-refractivity contribution in [1.82, 2.24) is 14.9 Å². The summed E-state index contributed by atoms with van der Waals surface area (Å²) >= 11 is 0. The highest BCUT2D eigenvalue weighted by molar-refractivity contribution is 7.89. The zero-order valence-electron chi connectivity index (χ0n) is 26.8. The first-order valence-electron chi connectivity index (χ1n) is 15.7. The number of rotatable bonds is 21. The number of benzene rings is 2. The lowest BCUT2D eigenvalue weighted by Gasteiger charge is -2.34. The molecule has 0 unspecified atom stereocenters. The molecule has 3 atom stereocenters. The van der Waals surface area contributed by atoms with Crippen molar-refractivity contribution in [2.24, 2.45) is 27.9 Å². The number of hydrogen-bond donors (Lipinski definition) is 6. The van der Waals surface area contributed by atoms with Crippen LogP contribution in [0.2, 0.25) is 0 Å². The molecule has 3 amide bonds. The highest BCUT2D eigenvalue weighted by atomic mass is 32.2. The molecule has 2 aromatic carbocycles. The summed E-state index contributed by atoms with van der Waals surface area (Å²) in [6.45, 7) is 2.57. The summed E-state index contributed by atoms with van der Waals surface area (Å²) < 4.78 is 29.2. The minimum atomic E-state index is -4.67. The van der Waals surface area contributed by atoms with Gasteiger partial charge in [-0.05, 0) is 95.6 Å². The van der Waals surface area contributed by atoms with Crippen molar-refractivity contribution in [3.63, 3.8) is 0 Å². The average Bonchev–Trinajstić information content (AvgIpc) is 3.05. The van der Waals surface area contributed by atoms with E-state index in [0.717, 1.165) is 5.56 Å². The van der Waals surface area contributed by atoms with Crippen molar-refractivity contribution in [3.8, 4) is 0 Å². The van der Waals surface area contributed by atoms with Crippen molar-refractivity contribution in [2.75, 3.05) is 19.6 Å². The van der Waals surface area contributed by atoms with E-state index in [1.807, 2.05) is 0 Å². The smallest absolute Gasteiger partial charge is 0.267 e. The Bertz CT molecular complexity index is 1430. The van der Waals surface area contributed by atoms with Gasteiger partial charge in [0.15, 0.2) is 5.96 Å². The van der Waals surface area contributed by atoms with Gasteiger partial charge in [-0.2, -0.15) is 0 Å². The number of aldehydes is 1. The second-order valence-electron chi connectivity index (χ2n) is 11.1. The van der Waals surface area contributed by atoms with Crippen LogP contribution in [-0.2, 0) is 24.4 Å². The molecule has 47 heavy (non-hydrogen) atoms. The van der Waals surface area contributed by atoms with Crippen LogP contribution in [0.5, 0.6) is 0 Å². The molecule has 15 heteroatoms. The quantitative estimate of drug-likeness (QED) is 0.0468. The Balaban J connectivity index is 2.61. The third-order valence-electron chi connectivity index (χ3n) is 7.36. The maximum absolute atomic E-state index is 14.5. The second kappa shape index (κ2) is 20.0. The first-order chi connectivity index (χ1) is 22.5. The molecule has 2 aromatic rings. The molecule has 0 aliphatic heterocycles. The molecule has 0 spiro atoms. The van der Waals surface area contributed by atoms with E-state index in [-0.39, 0.29) is 48.8 Å². The first-order valence-corrected chi connectivity index (χ1v) is 17.1. The van der Waals surface area contributed by atoms with Crippen LogP contribution in [0.15, 0.2) is 64.5 Å². The summed E-state index contributed by atoms with van der Waals surface area (Å²) in [6, 6.07) is 10.1. The third kappa shape index (κ3) is 12.4. The maximum atomic E-state index is 14.5. The number of aryl methyl sites for hydroxylation is 1. The van der Waals surface area contributed by atoms with Crippen molar-refractivity contribution in [3.05, 3.63) is 65.7 Å². The van der Waals surface area contributed by atoms with Gasteiger partial charge in [0.1, 0.15) is 18.4 Å². The van der Waals surface area contributed by atoms with Crippen LogP contribution in [0.3, 0.4) is 0 Å². The number of nitrogens with two attached hydrogens (primary N) is 4. The number of carbonyl (C=O) groups is 4. The highest BCUT2D eigenvalue weighted by Crippen LogP contribution is 2.25. The molecule has 0 aliphatic carbocycles. The van der Waals surface area contributed by atoms with Crippen molar-refractivity contribution in [2.45, 2.75) is 81.3 Å². The molecule has 0 aliphatic rings. The predicted octanol–water partition coefficient (Wildman–Crippen LogP) is 0.675. The Kier molecular flexibility index (Phi) is 16.5. The summed E-state index contributed by atoms with van der Waals surface area (Å²) in [5.41, 5.74) is 23.2.